The van der Waals surface area contributed by atoms with Gasteiger partial charge in [0.05, 0.1) is 12.7 Å². The number of nitrogens with zero attached hydrogens (tertiary/aromatic N) is 2. The lowest BCUT2D eigenvalue weighted by molar-refractivity contribution is -0.273. The summed E-state index contributed by atoms with van der Waals surface area (Å²) in [5.41, 5.74) is 0.587. The third-order valence-corrected chi connectivity index (χ3v) is 12.3. The molecule has 4 heteroatoms. The van der Waals surface area contributed by atoms with Crippen molar-refractivity contribution in [3.05, 3.63) is 22.8 Å². The molecule has 1 spiro atoms. The van der Waals surface area contributed by atoms with Crippen LogP contribution in [0.2, 0.25) is 0 Å². The molecule has 2 saturated heterocycles. The zero-order valence-corrected chi connectivity index (χ0v) is 21.1. The van der Waals surface area contributed by atoms with E-state index >= 15 is 0 Å². The Morgan fingerprint density at radius 1 is 0.848 bits per heavy atom. The Hall–Kier alpha value is -1.10. The van der Waals surface area contributed by atoms with Crippen molar-refractivity contribution in [3.8, 4) is 0 Å². The van der Waals surface area contributed by atoms with Crippen molar-refractivity contribution in [2.75, 3.05) is 6.61 Å². The van der Waals surface area contributed by atoms with E-state index < -0.39 is 0 Å². The van der Waals surface area contributed by atoms with E-state index in [4.69, 9.17) is 22.6 Å². The minimum Gasteiger partial charge on any atom is -0.349 e. The van der Waals surface area contributed by atoms with E-state index in [9.17, 15) is 0 Å². The first-order valence-electron chi connectivity index (χ1n) is 13.8. The average Bonchev–Trinajstić information content (AvgIpc) is 3.25. The fraction of sp³-hybridized carbons (Fsp3) is 0.931. The standard InChI is InChI=1S/C29H42N2O2/c1-17-7-12-29(32-16-17)18(2)26-24(33-29)15-22-25-21(9-11-28(22,26)4)27(3)10-8-20(30-5)13-19(27)14-23(25)31-6/h17-26H,7-16H2,1-4H3/t17-,18+,19-,20-,21+,22+,23-,24+,25-,26+,27+,28+,29-/m1/s1. The second-order valence-corrected chi connectivity index (χ2v) is 13.5. The number of fused-ring (bicyclic) bond motifs is 7. The molecule has 0 bridgehead atoms. The van der Waals surface area contributed by atoms with Gasteiger partial charge in [0.15, 0.2) is 5.79 Å². The van der Waals surface area contributed by atoms with Crippen molar-refractivity contribution in [2.24, 2.45) is 52.3 Å². The van der Waals surface area contributed by atoms with Crippen molar-refractivity contribution in [2.45, 2.75) is 109 Å². The van der Waals surface area contributed by atoms with E-state index in [1.807, 2.05) is 0 Å². The summed E-state index contributed by atoms with van der Waals surface area (Å²) < 4.78 is 13.4. The molecule has 6 fully saturated rings. The summed E-state index contributed by atoms with van der Waals surface area (Å²) in [6.45, 7) is 26.4. The maximum Gasteiger partial charge on any atom is 0.227 e. The molecule has 0 unspecified atom stereocenters. The van der Waals surface area contributed by atoms with E-state index in [2.05, 4.69) is 37.4 Å². The fourth-order valence-corrected chi connectivity index (χ4v) is 10.5. The third-order valence-electron chi connectivity index (χ3n) is 12.3. The first-order chi connectivity index (χ1) is 15.8. The second kappa shape index (κ2) is 7.45. The molecule has 6 rings (SSSR count). The third kappa shape index (κ3) is 2.93. The Balaban J connectivity index is 1.30. The van der Waals surface area contributed by atoms with Crippen LogP contribution in [-0.4, -0.2) is 30.6 Å². The predicted octanol–water partition coefficient (Wildman–Crippen LogP) is 6.62. The normalized spacial score (nSPS) is 59.6. The van der Waals surface area contributed by atoms with Gasteiger partial charge in [-0.25, -0.2) is 13.1 Å². The van der Waals surface area contributed by atoms with Crippen LogP contribution in [0.15, 0.2) is 0 Å². The number of hydrogen-bond acceptors (Lipinski definition) is 2. The molecule has 33 heavy (non-hydrogen) atoms. The summed E-state index contributed by atoms with van der Waals surface area (Å²) >= 11 is 0. The number of ether oxygens (including phenoxy) is 2. The lowest BCUT2D eigenvalue weighted by Gasteiger charge is -2.60. The smallest absolute Gasteiger partial charge is 0.227 e. The quantitative estimate of drug-likeness (QED) is 0.388. The van der Waals surface area contributed by atoms with E-state index in [-0.39, 0.29) is 23.3 Å². The van der Waals surface area contributed by atoms with Gasteiger partial charge in [-0.1, -0.05) is 27.7 Å². The van der Waals surface area contributed by atoms with Gasteiger partial charge in [-0.15, -0.1) is 0 Å². The van der Waals surface area contributed by atoms with Crippen LogP contribution in [0.3, 0.4) is 0 Å². The predicted molar refractivity (Wildman–Crippen MR) is 128 cm³/mol. The van der Waals surface area contributed by atoms with Gasteiger partial charge in [0.1, 0.15) is 0 Å². The molecule has 4 saturated carbocycles. The molecule has 4 aliphatic carbocycles. The largest absolute Gasteiger partial charge is 0.349 e. The van der Waals surface area contributed by atoms with Gasteiger partial charge in [0.2, 0.25) is 12.1 Å². The summed E-state index contributed by atoms with van der Waals surface area (Å²) in [5.74, 6) is 3.61. The van der Waals surface area contributed by atoms with Crippen molar-refractivity contribution >= 4 is 0 Å². The van der Waals surface area contributed by atoms with E-state index in [1.54, 1.807) is 0 Å². The summed E-state index contributed by atoms with van der Waals surface area (Å²) in [5, 5.41) is 0. The minimum atomic E-state index is -0.354. The highest BCUT2D eigenvalue weighted by molar-refractivity contribution is 5.19. The molecule has 6 aliphatic rings. The van der Waals surface area contributed by atoms with Crippen molar-refractivity contribution in [1.82, 2.24) is 0 Å². The van der Waals surface area contributed by atoms with Crippen LogP contribution in [0, 0.1) is 65.4 Å². The molecule has 2 aliphatic heterocycles. The van der Waals surface area contributed by atoms with E-state index in [1.165, 1.54) is 25.7 Å². The van der Waals surface area contributed by atoms with Gasteiger partial charge in [-0.2, -0.15) is 0 Å². The highest BCUT2D eigenvalue weighted by Crippen LogP contribution is 2.71. The van der Waals surface area contributed by atoms with Crippen molar-refractivity contribution in [1.29, 1.82) is 0 Å². The highest BCUT2D eigenvalue weighted by atomic mass is 16.7. The van der Waals surface area contributed by atoms with Crippen LogP contribution < -0.4 is 0 Å². The molecule has 0 N–H and O–H groups in total. The monoisotopic (exact) mass is 450 g/mol. The van der Waals surface area contributed by atoms with Gasteiger partial charge < -0.3 is 19.2 Å². The molecular formula is C29H42N2O2. The van der Waals surface area contributed by atoms with Gasteiger partial charge in [0, 0.05) is 37.5 Å². The van der Waals surface area contributed by atoms with E-state index in [0.29, 0.717) is 52.9 Å². The van der Waals surface area contributed by atoms with Crippen LogP contribution in [0.5, 0.6) is 0 Å². The molecule has 0 radical (unpaired) electrons. The zero-order chi connectivity index (χ0) is 23.2. The topological polar surface area (TPSA) is 27.2 Å². The van der Waals surface area contributed by atoms with Crippen LogP contribution >= 0.6 is 0 Å². The first-order valence-corrected chi connectivity index (χ1v) is 13.8. The SMILES string of the molecule is [C-]#[N+][C@@H]1CC[C@@]2(C)[C@H](C1)C[C@@H]([N+]#[C-])[C@@H]1[C@@H]2CC[C@]2(C)[C@@H]3[C@H](C[C@@H]12)O[C@]1(CC[C@@H](C)CO1)[C@H]3C. The van der Waals surface area contributed by atoms with Crippen molar-refractivity contribution < 1.29 is 9.47 Å². The molecule has 13 atom stereocenters. The Bertz CT molecular complexity index is 881. The summed E-state index contributed by atoms with van der Waals surface area (Å²) in [6, 6.07) is 0.325. The lowest BCUT2D eigenvalue weighted by Crippen LogP contribution is -2.58. The molecule has 0 aromatic heterocycles. The van der Waals surface area contributed by atoms with Gasteiger partial charge in [-0.3, -0.25) is 0 Å². The lowest BCUT2D eigenvalue weighted by atomic mass is 9.43. The fourth-order valence-electron chi connectivity index (χ4n) is 10.5. The Labute approximate surface area is 200 Å². The molecule has 2 heterocycles. The first kappa shape index (κ1) is 22.4. The summed E-state index contributed by atoms with van der Waals surface area (Å²) in [6.07, 6.45) is 10.5. The molecular weight excluding hydrogens is 408 g/mol. The van der Waals surface area contributed by atoms with Crippen molar-refractivity contribution in [3.63, 3.8) is 0 Å². The zero-order valence-electron chi connectivity index (χ0n) is 21.1. The van der Waals surface area contributed by atoms with E-state index in [0.717, 1.165) is 38.7 Å². The van der Waals surface area contributed by atoms with Crippen LogP contribution in [0.4, 0.5) is 0 Å². The molecule has 4 nitrogen and oxygen atoms in total. The molecule has 180 valence electrons. The van der Waals surface area contributed by atoms with Gasteiger partial charge in [-0.05, 0) is 72.5 Å². The minimum absolute atomic E-state index is 0.136. The average molecular weight is 451 g/mol. The Morgan fingerprint density at radius 2 is 1.64 bits per heavy atom. The van der Waals surface area contributed by atoms with Crippen LogP contribution in [-0.2, 0) is 9.47 Å². The summed E-state index contributed by atoms with van der Waals surface area (Å²) in [4.78, 5) is 8.23. The van der Waals surface area contributed by atoms with Gasteiger partial charge >= 0.3 is 0 Å². The highest BCUT2D eigenvalue weighted by Gasteiger charge is 2.71. The number of rotatable bonds is 0. The maximum absolute atomic E-state index is 8.19. The van der Waals surface area contributed by atoms with Crippen LogP contribution in [0.25, 0.3) is 9.69 Å². The molecule has 0 aromatic carbocycles. The van der Waals surface area contributed by atoms with Crippen LogP contribution in [0.1, 0.15) is 85.5 Å². The van der Waals surface area contributed by atoms with Gasteiger partial charge in [0.25, 0.3) is 0 Å². The maximum atomic E-state index is 8.19. The molecule has 0 amide bonds. The second-order valence-electron chi connectivity index (χ2n) is 13.5. The Morgan fingerprint density at radius 3 is 2.33 bits per heavy atom. The molecule has 0 aromatic rings. The Kier molecular flexibility index (Phi) is 5.05. The summed E-state index contributed by atoms with van der Waals surface area (Å²) in [7, 11) is 0. The number of hydrogen-bond donors (Lipinski definition) is 0.